The van der Waals surface area contributed by atoms with Crippen LogP contribution in [0.1, 0.15) is 24.2 Å². The summed E-state index contributed by atoms with van der Waals surface area (Å²) in [6, 6.07) is 13.6. The molecule has 0 atom stereocenters. The van der Waals surface area contributed by atoms with E-state index in [1.807, 2.05) is 56.3 Å². The number of benzene rings is 2. The largest absolute Gasteiger partial charge is 0.346 e. The van der Waals surface area contributed by atoms with Crippen LogP contribution in [0, 0.1) is 0 Å². The van der Waals surface area contributed by atoms with Crippen molar-refractivity contribution in [2.75, 3.05) is 6.54 Å². The van der Waals surface area contributed by atoms with Crippen molar-refractivity contribution in [2.45, 2.75) is 19.4 Å². The Bertz CT molecular complexity index is 576. The number of hydrogen-bond acceptors (Lipinski definition) is 2. The van der Waals surface area contributed by atoms with Crippen LogP contribution in [0.5, 0.6) is 0 Å². The highest BCUT2D eigenvalue weighted by Gasteiger charge is 2.20. The molecule has 2 rings (SSSR count). The fourth-order valence-corrected chi connectivity index (χ4v) is 1.85. The second-order valence-corrected chi connectivity index (χ2v) is 5.07. The average molecular weight is 279 g/mol. The fourth-order valence-electron chi connectivity index (χ4n) is 1.85. The van der Waals surface area contributed by atoms with Gasteiger partial charge < -0.3 is 11.1 Å². The summed E-state index contributed by atoms with van der Waals surface area (Å²) < 4.78 is 0. The van der Waals surface area contributed by atoms with Gasteiger partial charge >= 0.3 is 0 Å². The van der Waals surface area contributed by atoms with E-state index in [0.29, 0.717) is 12.1 Å². The lowest BCUT2D eigenvalue weighted by Crippen LogP contribution is -2.48. The van der Waals surface area contributed by atoms with E-state index in [0.717, 1.165) is 10.8 Å². The number of carbonyl (C=O) groups is 1. The number of fused-ring (bicyclic) bond motifs is 1. The van der Waals surface area contributed by atoms with E-state index in [2.05, 4.69) is 5.32 Å². The monoisotopic (exact) mass is 278 g/mol. The Morgan fingerprint density at radius 3 is 2.47 bits per heavy atom. The fraction of sp³-hybridized carbons (Fsp3) is 0.267. The molecular formula is C15H19ClN2O. The maximum atomic E-state index is 12.3. The van der Waals surface area contributed by atoms with E-state index < -0.39 is 5.54 Å². The normalized spacial score (nSPS) is 10.9. The summed E-state index contributed by atoms with van der Waals surface area (Å²) in [6.07, 6.45) is 0. The van der Waals surface area contributed by atoms with E-state index in [4.69, 9.17) is 5.73 Å². The van der Waals surface area contributed by atoms with Gasteiger partial charge in [-0.2, -0.15) is 0 Å². The van der Waals surface area contributed by atoms with Gasteiger partial charge in [-0.3, -0.25) is 4.79 Å². The number of hydrogen-bond donors (Lipinski definition) is 2. The summed E-state index contributed by atoms with van der Waals surface area (Å²) in [7, 11) is 0. The Hall–Kier alpha value is -1.58. The molecule has 0 spiro atoms. The number of amides is 1. The van der Waals surface area contributed by atoms with Gasteiger partial charge in [-0.05, 0) is 30.7 Å². The Kier molecular flexibility index (Phi) is 4.92. The van der Waals surface area contributed by atoms with Gasteiger partial charge in [0.25, 0.3) is 5.91 Å². The van der Waals surface area contributed by atoms with Gasteiger partial charge in [0, 0.05) is 17.6 Å². The molecule has 0 fully saturated rings. The van der Waals surface area contributed by atoms with Gasteiger partial charge in [-0.15, -0.1) is 12.4 Å². The molecule has 0 bridgehead atoms. The van der Waals surface area contributed by atoms with Gasteiger partial charge in [-0.25, -0.2) is 0 Å². The summed E-state index contributed by atoms with van der Waals surface area (Å²) in [5, 5.41) is 4.98. The molecule has 0 saturated carbocycles. The molecule has 0 radical (unpaired) electrons. The summed E-state index contributed by atoms with van der Waals surface area (Å²) in [4.78, 5) is 12.3. The highest BCUT2D eigenvalue weighted by atomic mass is 35.5. The lowest BCUT2D eigenvalue weighted by atomic mass is 10.0. The quantitative estimate of drug-likeness (QED) is 0.907. The first-order valence-electron chi connectivity index (χ1n) is 6.04. The molecule has 1 amide bonds. The molecule has 0 aliphatic heterocycles. The zero-order valence-electron chi connectivity index (χ0n) is 11.1. The summed E-state index contributed by atoms with van der Waals surface area (Å²) in [6.45, 7) is 4.23. The minimum atomic E-state index is -0.395. The summed E-state index contributed by atoms with van der Waals surface area (Å²) in [5.74, 6) is -0.0812. The first-order valence-corrected chi connectivity index (χ1v) is 6.04. The van der Waals surface area contributed by atoms with E-state index in [-0.39, 0.29) is 18.3 Å². The van der Waals surface area contributed by atoms with Crippen molar-refractivity contribution in [3.8, 4) is 0 Å². The third-order valence-corrected chi connectivity index (χ3v) is 3.00. The van der Waals surface area contributed by atoms with Crippen LogP contribution in [-0.4, -0.2) is 18.0 Å². The van der Waals surface area contributed by atoms with Crippen LogP contribution in [-0.2, 0) is 0 Å². The molecule has 0 saturated heterocycles. The van der Waals surface area contributed by atoms with Crippen molar-refractivity contribution in [3.05, 3.63) is 48.0 Å². The van der Waals surface area contributed by atoms with Crippen LogP contribution in [0.25, 0.3) is 10.8 Å². The number of carbonyl (C=O) groups excluding carboxylic acids is 1. The predicted octanol–water partition coefficient (Wildman–Crippen LogP) is 2.73. The van der Waals surface area contributed by atoms with Crippen LogP contribution in [0.15, 0.2) is 42.5 Å². The van der Waals surface area contributed by atoms with Crippen molar-refractivity contribution >= 4 is 29.1 Å². The predicted molar refractivity (Wildman–Crippen MR) is 81.8 cm³/mol. The molecule has 3 nitrogen and oxygen atoms in total. The summed E-state index contributed by atoms with van der Waals surface area (Å²) >= 11 is 0. The molecule has 2 aromatic rings. The molecule has 3 N–H and O–H groups in total. The van der Waals surface area contributed by atoms with Crippen LogP contribution >= 0.6 is 12.4 Å². The molecule has 0 aliphatic carbocycles. The number of halogens is 1. The van der Waals surface area contributed by atoms with Crippen molar-refractivity contribution in [1.82, 2.24) is 5.32 Å². The number of rotatable bonds is 3. The SMILES string of the molecule is CC(C)(CN)NC(=O)c1cccc2ccccc12.Cl. The minimum Gasteiger partial charge on any atom is -0.346 e. The third-order valence-electron chi connectivity index (χ3n) is 3.00. The molecule has 102 valence electrons. The smallest absolute Gasteiger partial charge is 0.252 e. The van der Waals surface area contributed by atoms with E-state index >= 15 is 0 Å². The van der Waals surface area contributed by atoms with Crippen LogP contribution in [0.4, 0.5) is 0 Å². The van der Waals surface area contributed by atoms with Gasteiger partial charge in [-0.1, -0.05) is 36.4 Å². The number of nitrogens with two attached hydrogens (primary N) is 1. The first-order chi connectivity index (χ1) is 8.53. The lowest BCUT2D eigenvalue weighted by Gasteiger charge is -2.24. The van der Waals surface area contributed by atoms with Crippen molar-refractivity contribution in [1.29, 1.82) is 0 Å². The Labute approximate surface area is 119 Å². The van der Waals surface area contributed by atoms with Crippen molar-refractivity contribution in [3.63, 3.8) is 0 Å². The molecule has 4 heteroatoms. The van der Waals surface area contributed by atoms with Crippen molar-refractivity contribution in [2.24, 2.45) is 5.73 Å². The third kappa shape index (κ3) is 3.46. The van der Waals surface area contributed by atoms with Gasteiger partial charge in [0.15, 0.2) is 0 Å². The molecule has 19 heavy (non-hydrogen) atoms. The molecule has 0 aliphatic rings. The maximum Gasteiger partial charge on any atom is 0.252 e. The molecule has 0 heterocycles. The topological polar surface area (TPSA) is 55.1 Å². The first kappa shape index (κ1) is 15.5. The van der Waals surface area contributed by atoms with Gasteiger partial charge in [0.2, 0.25) is 0 Å². The van der Waals surface area contributed by atoms with Crippen LogP contribution in [0.3, 0.4) is 0 Å². The zero-order chi connectivity index (χ0) is 13.2. The highest BCUT2D eigenvalue weighted by Crippen LogP contribution is 2.18. The molecule has 2 aromatic carbocycles. The van der Waals surface area contributed by atoms with Crippen LogP contribution < -0.4 is 11.1 Å². The standard InChI is InChI=1S/C15H18N2O.ClH/c1-15(2,10-16)17-14(18)13-9-5-7-11-6-3-4-8-12(11)13;/h3-9H,10,16H2,1-2H3,(H,17,18);1H. The van der Waals surface area contributed by atoms with E-state index in [1.54, 1.807) is 0 Å². The van der Waals surface area contributed by atoms with Gasteiger partial charge in [0.1, 0.15) is 0 Å². The maximum absolute atomic E-state index is 12.3. The Morgan fingerprint density at radius 1 is 1.16 bits per heavy atom. The minimum absolute atomic E-state index is 0. The Balaban J connectivity index is 0.00000180. The lowest BCUT2D eigenvalue weighted by molar-refractivity contribution is 0.0917. The van der Waals surface area contributed by atoms with Gasteiger partial charge in [0.05, 0.1) is 0 Å². The average Bonchev–Trinajstić information content (AvgIpc) is 2.37. The zero-order valence-corrected chi connectivity index (χ0v) is 12.0. The summed E-state index contributed by atoms with van der Waals surface area (Å²) in [5.41, 5.74) is 5.93. The van der Waals surface area contributed by atoms with Crippen molar-refractivity contribution < 1.29 is 4.79 Å². The second-order valence-electron chi connectivity index (χ2n) is 5.07. The van der Waals surface area contributed by atoms with E-state index in [1.165, 1.54) is 0 Å². The molecule has 0 unspecified atom stereocenters. The van der Waals surface area contributed by atoms with Crippen LogP contribution in [0.2, 0.25) is 0 Å². The highest BCUT2D eigenvalue weighted by molar-refractivity contribution is 6.07. The molecule has 0 aromatic heterocycles. The second kappa shape index (κ2) is 6.04. The molecular weight excluding hydrogens is 260 g/mol. The van der Waals surface area contributed by atoms with E-state index in [9.17, 15) is 4.79 Å². The Morgan fingerprint density at radius 2 is 1.79 bits per heavy atom. The number of nitrogens with one attached hydrogen (secondary N) is 1.